The predicted molar refractivity (Wildman–Crippen MR) is 69.2 cm³/mol. The first-order valence-electron chi connectivity index (χ1n) is 5.38. The second kappa shape index (κ2) is 5.72. The zero-order chi connectivity index (χ0) is 13.8. The van der Waals surface area contributed by atoms with E-state index in [4.69, 9.17) is 10.5 Å². The standard InChI is InChI=1S/C11H16N2O4S/c1-3-6-18(15,16)13-9-7-8(11(12)14)4-5-10(9)17-2/h4-5,7,13H,3,6H2,1-2H3,(H2,12,14). The van der Waals surface area contributed by atoms with Crippen LogP contribution < -0.4 is 15.2 Å². The van der Waals surface area contributed by atoms with Crippen LogP contribution in [0.25, 0.3) is 0 Å². The van der Waals surface area contributed by atoms with Gasteiger partial charge in [-0.25, -0.2) is 8.42 Å². The molecule has 7 heteroatoms. The van der Waals surface area contributed by atoms with Crippen LogP contribution in [0.15, 0.2) is 18.2 Å². The molecule has 1 aromatic rings. The van der Waals surface area contributed by atoms with E-state index in [0.29, 0.717) is 12.2 Å². The number of carbonyl (C=O) groups is 1. The first kappa shape index (κ1) is 14.3. The molecule has 0 spiro atoms. The molecule has 3 N–H and O–H groups in total. The minimum atomic E-state index is -3.44. The van der Waals surface area contributed by atoms with Gasteiger partial charge in [0.15, 0.2) is 0 Å². The normalized spacial score (nSPS) is 11.0. The highest BCUT2D eigenvalue weighted by molar-refractivity contribution is 7.92. The van der Waals surface area contributed by atoms with Gasteiger partial charge in [-0.2, -0.15) is 0 Å². The molecule has 0 bridgehead atoms. The lowest BCUT2D eigenvalue weighted by Gasteiger charge is -2.12. The van der Waals surface area contributed by atoms with Crippen molar-refractivity contribution >= 4 is 21.6 Å². The van der Waals surface area contributed by atoms with Crippen molar-refractivity contribution in [3.8, 4) is 5.75 Å². The third kappa shape index (κ3) is 3.63. The average molecular weight is 272 g/mol. The molecule has 0 atom stereocenters. The zero-order valence-corrected chi connectivity index (χ0v) is 11.1. The van der Waals surface area contributed by atoms with Gasteiger partial charge in [0.2, 0.25) is 15.9 Å². The van der Waals surface area contributed by atoms with Crippen molar-refractivity contribution in [3.05, 3.63) is 23.8 Å². The zero-order valence-electron chi connectivity index (χ0n) is 10.3. The molecule has 6 nitrogen and oxygen atoms in total. The molecule has 1 rings (SSSR count). The summed E-state index contributed by atoms with van der Waals surface area (Å²) in [5, 5.41) is 0. The van der Waals surface area contributed by atoms with Crippen molar-refractivity contribution in [1.82, 2.24) is 0 Å². The van der Waals surface area contributed by atoms with Gasteiger partial charge in [0.05, 0.1) is 18.6 Å². The highest BCUT2D eigenvalue weighted by atomic mass is 32.2. The quantitative estimate of drug-likeness (QED) is 0.805. The Balaban J connectivity index is 3.13. The second-order valence-corrected chi connectivity index (χ2v) is 5.54. The molecule has 1 amide bonds. The Kier molecular flexibility index (Phi) is 4.55. The third-order valence-corrected chi connectivity index (χ3v) is 3.70. The molecular weight excluding hydrogens is 256 g/mol. The van der Waals surface area contributed by atoms with E-state index in [0.717, 1.165) is 0 Å². The number of rotatable bonds is 6. The number of amides is 1. The smallest absolute Gasteiger partial charge is 0.248 e. The monoisotopic (exact) mass is 272 g/mol. The van der Waals surface area contributed by atoms with Gasteiger partial charge in [-0.3, -0.25) is 9.52 Å². The number of nitrogens with one attached hydrogen (secondary N) is 1. The van der Waals surface area contributed by atoms with Crippen LogP contribution in [-0.4, -0.2) is 27.2 Å². The minimum absolute atomic E-state index is 0.00302. The summed E-state index contributed by atoms with van der Waals surface area (Å²) < 4.78 is 30.7. The lowest BCUT2D eigenvalue weighted by molar-refractivity contribution is 0.100. The topological polar surface area (TPSA) is 98.5 Å². The predicted octanol–water partition coefficient (Wildman–Crippen LogP) is 0.946. The summed E-state index contributed by atoms with van der Waals surface area (Å²) >= 11 is 0. The van der Waals surface area contributed by atoms with E-state index >= 15 is 0 Å². The number of hydrogen-bond donors (Lipinski definition) is 2. The van der Waals surface area contributed by atoms with E-state index in [2.05, 4.69) is 4.72 Å². The van der Waals surface area contributed by atoms with Gasteiger partial charge >= 0.3 is 0 Å². The molecule has 0 saturated carbocycles. The SMILES string of the molecule is CCCS(=O)(=O)Nc1cc(C(N)=O)ccc1OC. The molecule has 1 aromatic carbocycles. The Hall–Kier alpha value is -1.76. The molecule has 0 fully saturated rings. The fourth-order valence-electron chi connectivity index (χ4n) is 1.43. The fourth-order valence-corrected chi connectivity index (χ4v) is 2.56. The summed E-state index contributed by atoms with van der Waals surface area (Å²) in [7, 11) is -2.03. The number of carbonyl (C=O) groups excluding carboxylic acids is 1. The van der Waals surface area contributed by atoms with Gasteiger partial charge in [-0.05, 0) is 24.6 Å². The molecule has 0 aliphatic carbocycles. The van der Waals surface area contributed by atoms with Crippen LogP contribution in [-0.2, 0) is 10.0 Å². The van der Waals surface area contributed by atoms with Crippen LogP contribution in [0.5, 0.6) is 5.75 Å². The van der Waals surface area contributed by atoms with Crippen LogP contribution in [0.2, 0.25) is 0 Å². The largest absolute Gasteiger partial charge is 0.495 e. The van der Waals surface area contributed by atoms with Gasteiger partial charge in [0.1, 0.15) is 5.75 Å². The maximum Gasteiger partial charge on any atom is 0.248 e. The lowest BCUT2D eigenvalue weighted by atomic mass is 10.2. The molecule has 0 radical (unpaired) electrons. The van der Waals surface area contributed by atoms with Crippen molar-refractivity contribution < 1.29 is 17.9 Å². The van der Waals surface area contributed by atoms with Crippen LogP contribution >= 0.6 is 0 Å². The summed E-state index contributed by atoms with van der Waals surface area (Å²) in [4.78, 5) is 11.0. The first-order chi connectivity index (χ1) is 8.39. The Morgan fingerprint density at radius 2 is 2.11 bits per heavy atom. The number of methoxy groups -OCH3 is 1. The molecule has 0 heterocycles. The van der Waals surface area contributed by atoms with Crippen LogP contribution in [0.3, 0.4) is 0 Å². The van der Waals surface area contributed by atoms with E-state index in [9.17, 15) is 13.2 Å². The fraction of sp³-hybridized carbons (Fsp3) is 0.364. The van der Waals surface area contributed by atoms with E-state index in [1.54, 1.807) is 6.92 Å². The summed E-state index contributed by atoms with van der Waals surface area (Å²) in [6, 6.07) is 4.32. The van der Waals surface area contributed by atoms with Crippen molar-refractivity contribution in [3.63, 3.8) is 0 Å². The Morgan fingerprint density at radius 1 is 1.44 bits per heavy atom. The number of sulfonamides is 1. The van der Waals surface area contributed by atoms with Crippen LogP contribution in [0.1, 0.15) is 23.7 Å². The van der Waals surface area contributed by atoms with E-state index in [1.165, 1.54) is 25.3 Å². The van der Waals surface area contributed by atoms with Gasteiger partial charge in [-0.1, -0.05) is 6.92 Å². The number of primary amides is 1. The van der Waals surface area contributed by atoms with E-state index in [-0.39, 0.29) is 17.0 Å². The third-order valence-electron chi connectivity index (χ3n) is 2.22. The molecule has 0 aliphatic heterocycles. The number of anilines is 1. The van der Waals surface area contributed by atoms with Gasteiger partial charge in [0.25, 0.3) is 0 Å². The number of benzene rings is 1. The van der Waals surface area contributed by atoms with Crippen molar-refractivity contribution in [2.75, 3.05) is 17.6 Å². The molecule has 0 aliphatic rings. The van der Waals surface area contributed by atoms with E-state index in [1.807, 2.05) is 0 Å². The van der Waals surface area contributed by atoms with E-state index < -0.39 is 15.9 Å². The molecular formula is C11H16N2O4S. The van der Waals surface area contributed by atoms with Crippen molar-refractivity contribution in [2.45, 2.75) is 13.3 Å². The molecule has 0 aromatic heterocycles. The number of ether oxygens (including phenoxy) is 1. The molecule has 18 heavy (non-hydrogen) atoms. The number of hydrogen-bond acceptors (Lipinski definition) is 4. The van der Waals surface area contributed by atoms with Crippen LogP contribution in [0.4, 0.5) is 5.69 Å². The summed E-state index contributed by atoms with van der Waals surface area (Å²) in [6.45, 7) is 1.76. The van der Waals surface area contributed by atoms with Crippen molar-refractivity contribution in [1.29, 1.82) is 0 Å². The lowest BCUT2D eigenvalue weighted by Crippen LogP contribution is -2.18. The number of nitrogens with two attached hydrogens (primary N) is 1. The van der Waals surface area contributed by atoms with Gasteiger partial charge < -0.3 is 10.5 Å². The molecule has 0 unspecified atom stereocenters. The molecule has 100 valence electrons. The Labute approximate surface area is 106 Å². The summed E-state index contributed by atoms with van der Waals surface area (Å²) in [6.07, 6.45) is 0.493. The Bertz CT molecular complexity index is 540. The maximum atomic E-state index is 11.7. The maximum absolute atomic E-state index is 11.7. The van der Waals surface area contributed by atoms with Gasteiger partial charge in [0, 0.05) is 5.56 Å². The minimum Gasteiger partial charge on any atom is -0.495 e. The first-order valence-corrected chi connectivity index (χ1v) is 7.03. The Morgan fingerprint density at radius 3 is 2.61 bits per heavy atom. The van der Waals surface area contributed by atoms with Crippen LogP contribution in [0, 0.1) is 0 Å². The second-order valence-electron chi connectivity index (χ2n) is 3.70. The summed E-state index contributed by atoms with van der Waals surface area (Å²) in [5.74, 6) is -0.301. The molecule has 0 saturated heterocycles. The highest BCUT2D eigenvalue weighted by Gasteiger charge is 2.14. The highest BCUT2D eigenvalue weighted by Crippen LogP contribution is 2.26. The average Bonchev–Trinajstić information content (AvgIpc) is 2.28. The summed E-state index contributed by atoms with van der Waals surface area (Å²) in [5.41, 5.74) is 5.56. The van der Waals surface area contributed by atoms with Crippen molar-refractivity contribution in [2.24, 2.45) is 5.73 Å². The van der Waals surface area contributed by atoms with Gasteiger partial charge in [-0.15, -0.1) is 0 Å².